The second-order valence-electron chi connectivity index (χ2n) is 5.18. The lowest BCUT2D eigenvalue weighted by atomic mass is 10.2. The molecule has 1 aliphatic rings. The van der Waals surface area contributed by atoms with E-state index in [1.165, 1.54) is 34.0 Å². The number of aromatic nitrogens is 1. The van der Waals surface area contributed by atoms with E-state index in [0.29, 0.717) is 19.0 Å². The van der Waals surface area contributed by atoms with Crippen LogP contribution >= 0.6 is 23.1 Å². The summed E-state index contributed by atoms with van der Waals surface area (Å²) >= 11 is 3.11. The second kappa shape index (κ2) is 5.83. The molecule has 21 heavy (non-hydrogen) atoms. The van der Waals surface area contributed by atoms with E-state index in [9.17, 15) is 12.8 Å². The molecular formula is C13H15FN2O2S3. The van der Waals surface area contributed by atoms with Gasteiger partial charge in [0, 0.05) is 18.8 Å². The smallest absolute Gasteiger partial charge is 0.211 e. The minimum atomic E-state index is -3.07. The number of benzene rings is 1. The summed E-state index contributed by atoms with van der Waals surface area (Å²) in [6.07, 6.45) is 2.14. The lowest BCUT2D eigenvalue weighted by Crippen LogP contribution is -2.27. The standard InChI is InChI=1S/C13H15FN2O2S3/c1-21(17,18)16-5-4-9(7-16)8-19-13-15-11-3-2-10(14)6-12(11)20-13/h2-3,6,9H,4-5,7-8H2,1H3. The Kier molecular flexibility index (Phi) is 4.22. The number of rotatable bonds is 4. The molecule has 1 unspecified atom stereocenters. The monoisotopic (exact) mass is 346 g/mol. The minimum Gasteiger partial charge on any atom is -0.230 e. The van der Waals surface area contributed by atoms with Gasteiger partial charge in [0.1, 0.15) is 5.82 Å². The van der Waals surface area contributed by atoms with Crippen LogP contribution < -0.4 is 0 Å². The maximum atomic E-state index is 13.1. The Labute approximate surface area is 131 Å². The van der Waals surface area contributed by atoms with Gasteiger partial charge in [-0.25, -0.2) is 22.1 Å². The van der Waals surface area contributed by atoms with E-state index in [2.05, 4.69) is 4.98 Å². The van der Waals surface area contributed by atoms with Crippen molar-refractivity contribution >= 4 is 43.3 Å². The van der Waals surface area contributed by atoms with E-state index < -0.39 is 10.0 Å². The van der Waals surface area contributed by atoms with Gasteiger partial charge in [0.2, 0.25) is 10.0 Å². The van der Waals surface area contributed by atoms with Gasteiger partial charge in [-0.3, -0.25) is 0 Å². The third-order valence-corrected chi connectivity index (χ3v) is 7.15. The summed E-state index contributed by atoms with van der Waals surface area (Å²) in [7, 11) is -3.07. The molecule has 3 rings (SSSR count). The van der Waals surface area contributed by atoms with Crippen molar-refractivity contribution < 1.29 is 12.8 Å². The molecule has 0 radical (unpaired) electrons. The van der Waals surface area contributed by atoms with Crippen LogP contribution in [0.5, 0.6) is 0 Å². The van der Waals surface area contributed by atoms with Crippen LogP contribution in [-0.2, 0) is 10.0 Å². The van der Waals surface area contributed by atoms with Crippen LogP contribution in [0, 0.1) is 11.7 Å². The number of halogens is 1. The molecule has 114 valence electrons. The van der Waals surface area contributed by atoms with Gasteiger partial charge in [-0.1, -0.05) is 11.8 Å². The van der Waals surface area contributed by atoms with E-state index in [1.54, 1.807) is 17.8 Å². The van der Waals surface area contributed by atoms with Gasteiger partial charge < -0.3 is 0 Å². The Balaban J connectivity index is 1.62. The molecule has 0 bridgehead atoms. The van der Waals surface area contributed by atoms with Crippen molar-refractivity contribution in [2.75, 3.05) is 25.1 Å². The number of thioether (sulfide) groups is 1. The molecule has 0 N–H and O–H groups in total. The van der Waals surface area contributed by atoms with Gasteiger partial charge in [-0.05, 0) is 30.5 Å². The molecule has 0 spiro atoms. The van der Waals surface area contributed by atoms with Crippen LogP contribution in [0.1, 0.15) is 6.42 Å². The number of nitrogens with zero attached hydrogens (tertiary/aromatic N) is 2. The van der Waals surface area contributed by atoms with E-state index in [1.807, 2.05) is 0 Å². The zero-order valence-corrected chi connectivity index (χ0v) is 13.9. The van der Waals surface area contributed by atoms with Gasteiger partial charge in [-0.2, -0.15) is 0 Å². The highest BCUT2D eigenvalue weighted by Crippen LogP contribution is 2.32. The first kappa shape index (κ1) is 15.2. The molecule has 8 heteroatoms. The topological polar surface area (TPSA) is 50.3 Å². The van der Waals surface area contributed by atoms with Crippen molar-refractivity contribution in [2.24, 2.45) is 5.92 Å². The third kappa shape index (κ3) is 3.56. The zero-order valence-electron chi connectivity index (χ0n) is 11.5. The van der Waals surface area contributed by atoms with Crippen LogP contribution in [-0.4, -0.2) is 42.8 Å². The van der Waals surface area contributed by atoms with Crippen molar-refractivity contribution in [3.05, 3.63) is 24.0 Å². The summed E-state index contributed by atoms with van der Waals surface area (Å²) in [5.41, 5.74) is 0.813. The lowest BCUT2D eigenvalue weighted by molar-refractivity contribution is 0.471. The first-order valence-electron chi connectivity index (χ1n) is 6.56. The van der Waals surface area contributed by atoms with E-state index in [0.717, 1.165) is 26.7 Å². The Bertz CT molecular complexity index is 760. The van der Waals surface area contributed by atoms with Crippen LogP contribution in [0.25, 0.3) is 10.2 Å². The predicted octanol–water partition coefficient (Wildman–Crippen LogP) is 2.81. The summed E-state index contributed by atoms with van der Waals surface area (Å²) in [6, 6.07) is 4.60. The Morgan fingerprint density at radius 3 is 3.05 bits per heavy atom. The lowest BCUT2D eigenvalue weighted by Gasteiger charge is -2.12. The Morgan fingerprint density at radius 1 is 1.52 bits per heavy atom. The van der Waals surface area contributed by atoms with Crippen molar-refractivity contribution in [2.45, 2.75) is 10.8 Å². The molecule has 1 aromatic carbocycles. The Morgan fingerprint density at radius 2 is 2.33 bits per heavy atom. The number of fused-ring (bicyclic) bond motifs is 1. The number of sulfonamides is 1. The van der Waals surface area contributed by atoms with Gasteiger partial charge >= 0.3 is 0 Å². The fourth-order valence-corrected chi connectivity index (χ4v) is 5.53. The molecule has 2 heterocycles. The van der Waals surface area contributed by atoms with Gasteiger partial charge in [0.25, 0.3) is 0 Å². The van der Waals surface area contributed by atoms with Crippen molar-refractivity contribution in [3.8, 4) is 0 Å². The molecule has 0 aliphatic carbocycles. The fraction of sp³-hybridized carbons (Fsp3) is 0.462. The molecule has 2 aromatic rings. The second-order valence-corrected chi connectivity index (χ2v) is 9.46. The largest absolute Gasteiger partial charge is 0.230 e. The minimum absolute atomic E-state index is 0.248. The molecule has 1 saturated heterocycles. The van der Waals surface area contributed by atoms with Crippen LogP contribution in [0.15, 0.2) is 22.5 Å². The highest BCUT2D eigenvalue weighted by Gasteiger charge is 2.28. The van der Waals surface area contributed by atoms with E-state index in [-0.39, 0.29) is 5.82 Å². The molecule has 4 nitrogen and oxygen atoms in total. The predicted molar refractivity (Wildman–Crippen MR) is 84.8 cm³/mol. The van der Waals surface area contributed by atoms with Gasteiger partial charge in [0.15, 0.2) is 4.34 Å². The maximum absolute atomic E-state index is 13.1. The molecule has 0 saturated carbocycles. The summed E-state index contributed by atoms with van der Waals surface area (Å²) in [5.74, 6) is 0.949. The first-order valence-corrected chi connectivity index (χ1v) is 10.2. The molecule has 1 aromatic heterocycles. The number of hydrogen-bond acceptors (Lipinski definition) is 5. The maximum Gasteiger partial charge on any atom is 0.211 e. The summed E-state index contributed by atoms with van der Waals surface area (Å²) in [4.78, 5) is 4.47. The normalized spacial score (nSPS) is 20.4. The molecule has 1 fully saturated rings. The fourth-order valence-electron chi connectivity index (χ4n) is 2.36. The molecule has 1 aliphatic heterocycles. The number of thiazole rings is 1. The van der Waals surface area contributed by atoms with Crippen molar-refractivity contribution in [1.29, 1.82) is 0 Å². The first-order chi connectivity index (χ1) is 9.91. The quantitative estimate of drug-likeness (QED) is 0.799. The third-order valence-electron chi connectivity index (χ3n) is 3.49. The summed E-state index contributed by atoms with van der Waals surface area (Å²) in [6.45, 7) is 1.19. The number of hydrogen-bond donors (Lipinski definition) is 0. The highest BCUT2D eigenvalue weighted by molar-refractivity contribution is 8.01. The SMILES string of the molecule is CS(=O)(=O)N1CCC(CSc2nc3ccc(F)cc3s2)C1. The van der Waals surface area contributed by atoms with Crippen LogP contribution in [0.2, 0.25) is 0 Å². The molecular weight excluding hydrogens is 331 g/mol. The molecule has 0 amide bonds. The van der Waals surface area contributed by atoms with Crippen LogP contribution in [0.4, 0.5) is 4.39 Å². The van der Waals surface area contributed by atoms with E-state index in [4.69, 9.17) is 0 Å². The molecule has 1 atom stereocenters. The van der Waals surface area contributed by atoms with E-state index >= 15 is 0 Å². The summed E-state index contributed by atoms with van der Waals surface area (Å²) in [5, 5.41) is 0. The highest BCUT2D eigenvalue weighted by atomic mass is 32.2. The van der Waals surface area contributed by atoms with Crippen molar-refractivity contribution in [1.82, 2.24) is 9.29 Å². The average molecular weight is 346 g/mol. The van der Waals surface area contributed by atoms with Gasteiger partial charge in [-0.15, -0.1) is 11.3 Å². The average Bonchev–Trinajstić information content (AvgIpc) is 3.01. The van der Waals surface area contributed by atoms with Crippen molar-refractivity contribution in [3.63, 3.8) is 0 Å². The Hall–Kier alpha value is -0.700. The van der Waals surface area contributed by atoms with Gasteiger partial charge in [0.05, 0.1) is 16.5 Å². The summed E-state index contributed by atoms with van der Waals surface area (Å²) < 4.78 is 39.4. The zero-order chi connectivity index (χ0) is 15.0. The van der Waals surface area contributed by atoms with Crippen LogP contribution in [0.3, 0.4) is 0 Å².